The van der Waals surface area contributed by atoms with E-state index in [1.54, 1.807) is 0 Å². The minimum atomic E-state index is 0.0725. The van der Waals surface area contributed by atoms with Crippen molar-refractivity contribution in [2.24, 2.45) is 0 Å². The fraction of sp³-hybridized carbons (Fsp3) is 0.562. The van der Waals surface area contributed by atoms with Gasteiger partial charge in [-0.3, -0.25) is 14.6 Å². The van der Waals surface area contributed by atoms with Gasteiger partial charge in [0, 0.05) is 55.5 Å². The first kappa shape index (κ1) is 15.9. The number of amides is 1. The number of hydrogen-bond acceptors (Lipinski definition) is 4. The highest BCUT2D eigenvalue weighted by molar-refractivity contribution is 9.10. The summed E-state index contributed by atoms with van der Waals surface area (Å²) in [6, 6.07) is 8.31. The van der Waals surface area contributed by atoms with Gasteiger partial charge in [-0.25, -0.2) is 0 Å². The Morgan fingerprint density at radius 1 is 1.23 bits per heavy atom. The molecule has 22 heavy (non-hydrogen) atoms. The number of piperazine rings is 1. The molecule has 0 saturated carbocycles. The monoisotopic (exact) mass is 366 g/mol. The minimum absolute atomic E-state index is 0.0725. The third kappa shape index (κ3) is 4.29. The largest absolute Gasteiger partial charge is 0.325 e. The highest BCUT2D eigenvalue weighted by Crippen LogP contribution is 2.17. The van der Waals surface area contributed by atoms with Crippen LogP contribution >= 0.6 is 15.9 Å². The summed E-state index contributed by atoms with van der Waals surface area (Å²) in [5.74, 6) is 0.0725. The Kier molecular flexibility index (Phi) is 5.46. The maximum Gasteiger partial charge on any atom is 0.238 e. The molecule has 1 unspecified atom stereocenters. The molecule has 120 valence electrons. The van der Waals surface area contributed by atoms with E-state index in [9.17, 15) is 4.79 Å². The normalized spacial score (nSPS) is 23.6. The Labute approximate surface area is 140 Å². The minimum Gasteiger partial charge on any atom is -0.325 e. The number of carbonyl (C=O) groups excluding carboxylic acids is 1. The van der Waals surface area contributed by atoms with Crippen molar-refractivity contribution in [3.63, 3.8) is 0 Å². The summed E-state index contributed by atoms with van der Waals surface area (Å²) in [5, 5.41) is 6.36. The smallest absolute Gasteiger partial charge is 0.238 e. The molecule has 2 heterocycles. The number of hydrogen-bond donors (Lipinski definition) is 2. The number of anilines is 1. The first-order valence-electron chi connectivity index (χ1n) is 7.93. The topological polar surface area (TPSA) is 47.6 Å². The highest BCUT2D eigenvalue weighted by Gasteiger charge is 2.29. The number of nitrogens with zero attached hydrogens (tertiary/aromatic N) is 2. The number of rotatable bonds is 4. The van der Waals surface area contributed by atoms with Gasteiger partial charge in [0.1, 0.15) is 0 Å². The van der Waals surface area contributed by atoms with Crippen LogP contribution < -0.4 is 10.6 Å². The summed E-state index contributed by atoms with van der Waals surface area (Å²) >= 11 is 3.40. The molecule has 3 rings (SSSR count). The van der Waals surface area contributed by atoms with Crippen LogP contribution in [0.15, 0.2) is 28.7 Å². The van der Waals surface area contributed by atoms with Gasteiger partial charge < -0.3 is 10.6 Å². The van der Waals surface area contributed by atoms with Crippen molar-refractivity contribution in [1.82, 2.24) is 15.1 Å². The van der Waals surface area contributed by atoms with E-state index in [1.165, 1.54) is 6.42 Å². The van der Waals surface area contributed by atoms with E-state index in [2.05, 4.69) is 36.4 Å². The standard InChI is InChI=1S/C16H23BrN4O/c17-13-1-3-14(4-2-13)19-16(22)12-20-8-5-15(11-20)21-9-6-18-7-10-21/h1-4,15,18H,5-12H2,(H,19,22). The van der Waals surface area contributed by atoms with E-state index in [-0.39, 0.29) is 5.91 Å². The lowest BCUT2D eigenvalue weighted by molar-refractivity contribution is -0.117. The zero-order chi connectivity index (χ0) is 15.4. The van der Waals surface area contributed by atoms with Crippen LogP contribution in [0.4, 0.5) is 5.69 Å². The summed E-state index contributed by atoms with van der Waals surface area (Å²) in [7, 11) is 0. The molecule has 2 N–H and O–H groups in total. The summed E-state index contributed by atoms with van der Waals surface area (Å²) < 4.78 is 1.02. The third-order valence-corrected chi connectivity index (χ3v) is 4.94. The molecule has 5 nitrogen and oxygen atoms in total. The molecule has 0 bridgehead atoms. The lowest BCUT2D eigenvalue weighted by atomic mass is 10.2. The maximum atomic E-state index is 12.1. The van der Waals surface area contributed by atoms with Crippen molar-refractivity contribution in [2.75, 3.05) is 51.1 Å². The fourth-order valence-electron chi connectivity index (χ4n) is 3.24. The van der Waals surface area contributed by atoms with E-state index < -0.39 is 0 Å². The zero-order valence-electron chi connectivity index (χ0n) is 12.7. The Morgan fingerprint density at radius 2 is 1.95 bits per heavy atom. The van der Waals surface area contributed by atoms with Gasteiger partial charge in [-0.1, -0.05) is 15.9 Å². The predicted molar refractivity (Wildman–Crippen MR) is 92.1 cm³/mol. The highest BCUT2D eigenvalue weighted by atomic mass is 79.9. The van der Waals surface area contributed by atoms with Crippen LogP contribution in [0, 0.1) is 0 Å². The number of nitrogens with one attached hydrogen (secondary N) is 2. The summed E-state index contributed by atoms with van der Waals surface area (Å²) in [5.41, 5.74) is 0.853. The molecule has 1 amide bonds. The van der Waals surface area contributed by atoms with Gasteiger partial charge in [-0.05, 0) is 30.7 Å². The van der Waals surface area contributed by atoms with Crippen LogP contribution in [0.2, 0.25) is 0 Å². The lowest BCUT2D eigenvalue weighted by Gasteiger charge is -2.32. The van der Waals surface area contributed by atoms with Crippen LogP contribution in [0.1, 0.15) is 6.42 Å². The van der Waals surface area contributed by atoms with Gasteiger partial charge in [0.05, 0.1) is 6.54 Å². The molecule has 1 aromatic rings. The second-order valence-corrected chi connectivity index (χ2v) is 6.93. The molecular formula is C16H23BrN4O. The van der Waals surface area contributed by atoms with Gasteiger partial charge in [0.25, 0.3) is 0 Å². The predicted octanol–water partition coefficient (Wildman–Crippen LogP) is 1.37. The lowest BCUT2D eigenvalue weighted by Crippen LogP contribution is -2.49. The van der Waals surface area contributed by atoms with Crippen LogP contribution in [0.3, 0.4) is 0 Å². The first-order valence-corrected chi connectivity index (χ1v) is 8.72. The average Bonchev–Trinajstić information content (AvgIpc) is 2.99. The van der Waals surface area contributed by atoms with Crippen molar-refractivity contribution in [2.45, 2.75) is 12.5 Å². The first-order chi connectivity index (χ1) is 10.7. The Hall–Kier alpha value is -0.950. The third-order valence-electron chi connectivity index (χ3n) is 4.41. The van der Waals surface area contributed by atoms with Crippen molar-refractivity contribution in [1.29, 1.82) is 0 Å². The van der Waals surface area contributed by atoms with Crippen LogP contribution in [0.25, 0.3) is 0 Å². The molecule has 1 aromatic carbocycles. The van der Waals surface area contributed by atoms with Crippen molar-refractivity contribution in [3.8, 4) is 0 Å². The zero-order valence-corrected chi connectivity index (χ0v) is 14.3. The fourth-order valence-corrected chi connectivity index (χ4v) is 3.50. The van der Waals surface area contributed by atoms with Gasteiger partial charge in [0.2, 0.25) is 5.91 Å². The molecule has 0 aromatic heterocycles. The second-order valence-electron chi connectivity index (χ2n) is 6.02. The molecule has 0 aliphatic carbocycles. The van der Waals surface area contributed by atoms with Gasteiger partial charge in [-0.2, -0.15) is 0 Å². The Morgan fingerprint density at radius 3 is 2.68 bits per heavy atom. The van der Waals surface area contributed by atoms with Crippen molar-refractivity contribution < 1.29 is 4.79 Å². The molecule has 2 saturated heterocycles. The SMILES string of the molecule is O=C(CN1CCC(N2CCNCC2)C1)Nc1ccc(Br)cc1. The van der Waals surface area contributed by atoms with Crippen molar-refractivity contribution >= 4 is 27.5 Å². The maximum absolute atomic E-state index is 12.1. The summed E-state index contributed by atoms with van der Waals surface area (Å²) in [4.78, 5) is 17.0. The molecular weight excluding hydrogens is 344 g/mol. The molecule has 2 aliphatic rings. The second kappa shape index (κ2) is 7.55. The van der Waals surface area contributed by atoms with Gasteiger partial charge >= 0.3 is 0 Å². The van der Waals surface area contributed by atoms with E-state index >= 15 is 0 Å². The van der Waals surface area contributed by atoms with E-state index in [0.717, 1.165) is 49.4 Å². The Balaban J connectivity index is 1.45. The van der Waals surface area contributed by atoms with E-state index in [4.69, 9.17) is 0 Å². The Bertz CT molecular complexity index is 501. The van der Waals surface area contributed by atoms with Crippen LogP contribution in [0.5, 0.6) is 0 Å². The van der Waals surface area contributed by atoms with Gasteiger partial charge in [-0.15, -0.1) is 0 Å². The number of likely N-dealkylation sites (tertiary alicyclic amines) is 1. The van der Waals surface area contributed by atoms with Gasteiger partial charge in [0.15, 0.2) is 0 Å². The molecule has 1 atom stereocenters. The number of halogens is 1. The van der Waals surface area contributed by atoms with Crippen LogP contribution in [-0.4, -0.2) is 67.6 Å². The molecule has 2 aliphatic heterocycles. The number of carbonyl (C=O) groups is 1. The summed E-state index contributed by atoms with van der Waals surface area (Å²) in [6.07, 6.45) is 1.17. The molecule has 0 spiro atoms. The van der Waals surface area contributed by atoms with E-state index in [0.29, 0.717) is 12.6 Å². The molecule has 0 radical (unpaired) electrons. The van der Waals surface area contributed by atoms with Crippen LogP contribution in [-0.2, 0) is 4.79 Å². The average molecular weight is 367 g/mol. The van der Waals surface area contributed by atoms with E-state index in [1.807, 2.05) is 24.3 Å². The molecule has 6 heteroatoms. The number of benzene rings is 1. The quantitative estimate of drug-likeness (QED) is 0.844. The molecule has 2 fully saturated rings. The van der Waals surface area contributed by atoms with Crippen molar-refractivity contribution in [3.05, 3.63) is 28.7 Å². The summed E-state index contributed by atoms with van der Waals surface area (Å²) in [6.45, 7) is 6.93.